The molecule has 1 saturated carbocycles. The lowest BCUT2D eigenvalue weighted by atomic mass is 9.89. The summed E-state index contributed by atoms with van der Waals surface area (Å²) in [7, 11) is 1.98. The summed E-state index contributed by atoms with van der Waals surface area (Å²) in [6.45, 7) is 5.15. The lowest BCUT2D eigenvalue weighted by Gasteiger charge is -2.23. The second-order valence-corrected chi connectivity index (χ2v) is 8.28. The van der Waals surface area contributed by atoms with E-state index in [1.165, 1.54) is 5.69 Å². The molecule has 1 unspecified atom stereocenters. The standard InChI is InChI=1S/C12H18N4S.C7H11F3/c1-4-17-11(8-13-3)10-7-9(2)15-12-5-6-14-16(10)12;8-7(9,10)6-4-2-1-3-5-6/h5-7,11,13H,4,8H2,1-3H3;6H,1-5H2. The molecule has 0 aromatic carbocycles. The van der Waals surface area contributed by atoms with Gasteiger partial charge in [0.2, 0.25) is 0 Å². The van der Waals surface area contributed by atoms with E-state index < -0.39 is 12.1 Å². The maximum absolute atomic E-state index is 11.9. The number of halogens is 3. The lowest BCUT2D eigenvalue weighted by Crippen LogP contribution is -2.24. The van der Waals surface area contributed by atoms with Crippen LogP contribution in [0.3, 0.4) is 0 Å². The van der Waals surface area contributed by atoms with Crippen LogP contribution in [0.4, 0.5) is 13.2 Å². The Morgan fingerprint density at radius 3 is 2.56 bits per heavy atom. The Balaban J connectivity index is 0.000000223. The van der Waals surface area contributed by atoms with Gasteiger partial charge in [0.05, 0.1) is 23.1 Å². The molecule has 0 amide bonds. The van der Waals surface area contributed by atoms with Crippen molar-refractivity contribution in [3.05, 3.63) is 29.7 Å². The lowest BCUT2D eigenvalue weighted by molar-refractivity contribution is -0.181. The van der Waals surface area contributed by atoms with Gasteiger partial charge < -0.3 is 5.32 Å². The van der Waals surface area contributed by atoms with E-state index >= 15 is 0 Å². The third-order valence-electron chi connectivity index (χ3n) is 4.67. The first-order valence-electron chi connectivity index (χ1n) is 9.51. The van der Waals surface area contributed by atoms with Gasteiger partial charge in [-0.2, -0.15) is 30.0 Å². The summed E-state index contributed by atoms with van der Waals surface area (Å²) in [5, 5.41) is 8.01. The van der Waals surface area contributed by atoms with Crippen LogP contribution in [0.15, 0.2) is 18.3 Å². The van der Waals surface area contributed by atoms with E-state index in [2.05, 4.69) is 28.4 Å². The molecule has 1 aliphatic carbocycles. The molecule has 0 aliphatic heterocycles. The van der Waals surface area contributed by atoms with Crippen LogP contribution >= 0.6 is 11.8 Å². The average Bonchev–Trinajstić information content (AvgIpc) is 3.10. The van der Waals surface area contributed by atoms with E-state index in [0.717, 1.165) is 42.9 Å². The summed E-state index contributed by atoms with van der Waals surface area (Å²) in [4.78, 5) is 4.47. The van der Waals surface area contributed by atoms with Crippen LogP contribution in [-0.4, -0.2) is 40.1 Å². The molecular weight excluding hydrogens is 373 g/mol. The highest BCUT2D eigenvalue weighted by molar-refractivity contribution is 7.99. The SMILES string of the molecule is CCSC(CNC)c1cc(C)nc2ccnn12.FC(F)(F)C1CCCCC1. The number of aromatic nitrogens is 3. The van der Waals surface area contributed by atoms with Gasteiger partial charge in [-0.3, -0.25) is 0 Å². The molecule has 0 saturated heterocycles. The van der Waals surface area contributed by atoms with Crippen molar-refractivity contribution in [3.8, 4) is 0 Å². The molecule has 1 N–H and O–H groups in total. The van der Waals surface area contributed by atoms with Crippen molar-refractivity contribution in [2.45, 2.75) is 57.4 Å². The van der Waals surface area contributed by atoms with Gasteiger partial charge in [0.25, 0.3) is 0 Å². The van der Waals surface area contributed by atoms with Crippen molar-refractivity contribution in [2.24, 2.45) is 5.92 Å². The third-order valence-corrected chi connectivity index (χ3v) is 5.81. The highest BCUT2D eigenvalue weighted by Crippen LogP contribution is 2.37. The Morgan fingerprint density at radius 2 is 2.00 bits per heavy atom. The van der Waals surface area contributed by atoms with Gasteiger partial charge in [0.1, 0.15) is 0 Å². The maximum Gasteiger partial charge on any atom is 0.391 e. The van der Waals surface area contributed by atoms with Gasteiger partial charge in [-0.1, -0.05) is 26.2 Å². The van der Waals surface area contributed by atoms with E-state index in [4.69, 9.17) is 0 Å². The zero-order chi connectivity index (χ0) is 19.9. The number of hydrogen-bond acceptors (Lipinski definition) is 4. The number of hydrogen-bond donors (Lipinski definition) is 1. The minimum atomic E-state index is -3.93. The van der Waals surface area contributed by atoms with Crippen LogP contribution < -0.4 is 5.32 Å². The summed E-state index contributed by atoms with van der Waals surface area (Å²) >= 11 is 1.93. The number of nitrogens with zero attached hydrogens (tertiary/aromatic N) is 3. The van der Waals surface area contributed by atoms with Gasteiger partial charge >= 0.3 is 6.18 Å². The molecule has 4 nitrogen and oxygen atoms in total. The van der Waals surface area contributed by atoms with E-state index in [1.807, 2.05) is 36.3 Å². The first-order chi connectivity index (χ1) is 12.9. The first kappa shape index (κ1) is 22.0. The van der Waals surface area contributed by atoms with Crippen LogP contribution in [0, 0.1) is 12.8 Å². The van der Waals surface area contributed by atoms with Gasteiger partial charge in [-0.05, 0) is 38.6 Å². The highest BCUT2D eigenvalue weighted by atomic mass is 32.2. The average molecular weight is 403 g/mol. The Kier molecular flexibility index (Phi) is 8.41. The molecule has 0 radical (unpaired) electrons. The van der Waals surface area contributed by atoms with E-state index in [-0.39, 0.29) is 0 Å². The van der Waals surface area contributed by atoms with Crippen LogP contribution in [0.5, 0.6) is 0 Å². The van der Waals surface area contributed by atoms with Crippen LogP contribution in [0.2, 0.25) is 0 Å². The highest BCUT2D eigenvalue weighted by Gasteiger charge is 2.39. The monoisotopic (exact) mass is 402 g/mol. The van der Waals surface area contributed by atoms with Crippen molar-refractivity contribution >= 4 is 17.4 Å². The molecule has 1 fully saturated rings. The van der Waals surface area contributed by atoms with Crippen molar-refractivity contribution in [3.63, 3.8) is 0 Å². The molecule has 1 atom stereocenters. The number of nitrogens with one attached hydrogen (secondary N) is 1. The minimum Gasteiger partial charge on any atom is -0.318 e. The number of thioether (sulfide) groups is 1. The number of likely N-dealkylation sites (N-methyl/N-ethyl adjacent to an activating group) is 1. The third kappa shape index (κ3) is 6.38. The molecule has 8 heteroatoms. The fraction of sp³-hybridized carbons (Fsp3) is 0.684. The quantitative estimate of drug-likeness (QED) is 0.748. The van der Waals surface area contributed by atoms with Gasteiger partial charge in [0, 0.05) is 18.3 Å². The van der Waals surface area contributed by atoms with E-state index in [9.17, 15) is 13.2 Å². The van der Waals surface area contributed by atoms with Gasteiger partial charge in [0.15, 0.2) is 5.65 Å². The molecule has 2 aromatic heterocycles. The summed E-state index contributed by atoms with van der Waals surface area (Å²) in [5.41, 5.74) is 3.20. The Labute approximate surface area is 163 Å². The largest absolute Gasteiger partial charge is 0.391 e. The zero-order valence-corrected chi connectivity index (χ0v) is 17.0. The molecule has 0 bridgehead atoms. The van der Waals surface area contributed by atoms with E-state index in [1.54, 1.807) is 6.20 Å². The molecule has 0 spiro atoms. The van der Waals surface area contributed by atoms with E-state index in [0.29, 0.717) is 18.1 Å². The molecular formula is C19H29F3N4S. The summed E-state index contributed by atoms with van der Waals surface area (Å²) in [5.74, 6) is 0.0949. The molecule has 2 aromatic rings. The van der Waals surface area contributed by atoms with Gasteiger partial charge in [-0.15, -0.1) is 0 Å². The molecule has 2 heterocycles. The molecule has 3 rings (SSSR count). The number of aryl methyl sites for hydroxylation is 1. The van der Waals surface area contributed by atoms with Crippen LogP contribution in [0.25, 0.3) is 5.65 Å². The summed E-state index contributed by atoms with van der Waals surface area (Å²) < 4.78 is 37.8. The summed E-state index contributed by atoms with van der Waals surface area (Å²) in [6.07, 6.45) is 1.06. The predicted octanol–water partition coefficient (Wildman–Crippen LogP) is 5.18. The van der Waals surface area contributed by atoms with Crippen LogP contribution in [-0.2, 0) is 0 Å². The number of fused-ring (bicyclic) bond motifs is 1. The van der Waals surface area contributed by atoms with Crippen LogP contribution in [0.1, 0.15) is 55.7 Å². The van der Waals surface area contributed by atoms with Crippen molar-refractivity contribution < 1.29 is 13.2 Å². The molecule has 152 valence electrons. The Morgan fingerprint density at radius 1 is 1.30 bits per heavy atom. The number of rotatable bonds is 5. The molecule has 27 heavy (non-hydrogen) atoms. The second-order valence-electron chi connectivity index (χ2n) is 6.80. The van der Waals surface area contributed by atoms with Crippen molar-refractivity contribution in [1.82, 2.24) is 19.9 Å². The Bertz CT molecular complexity index is 690. The fourth-order valence-corrected chi connectivity index (χ4v) is 4.39. The topological polar surface area (TPSA) is 42.2 Å². The fourth-order valence-electron chi connectivity index (χ4n) is 3.36. The summed E-state index contributed by atoms with van der Waals surface area (Å²) in [6, 6.07) is 4.08. The first-order valence-corrected chi connectivity index (χ1v) is 10.6. The minimum absolute atomic E-state index is 0.351. The normalized spacial score (nSPS) is 16.8. The Hall–Kier alpha value is -1.28. The van der Waals surface area contributed by atoms with Gasteiger partial charge in [-0.25, -0.2) is 9.50 Å². The second kappa shape index (κ2) is 10.3. The van der Waals surface area contributed by atoms with Crippen molar-refractivity contribution in [1.29, 1.82) is 0 Å². The predicted molar refractivity (Wildman–Crippen MR) is 105 cm³/mol. The molecule has 1 aliphatic rings. The number of alkyl halides is 3. The zero-order valence-electron chi connectivity index (χ0n) is 16.2. The smallest absolute Gasteiger partial charge is 0.318 e. The van der Waals surface area contributed by atoms with Crippen molar-refractivity contribution in [2.75, 3.05) is 19.3 Å². The maximum atomic E-state index is 11.9.